The van der Waals surface area contributed by atoms with Crippen LogP contribution in [0, 0.1) is 0 Å². The number of benzene rings is 1. The minimum absolute atomic E-state index is 0.299. The van der Waals surface area contributed by atoms with E-state index in [0.29, 0.717) is 12.2 Å². The molecule has 2 aromatic rings. The number of nitrogens with zero attached hydrogens (tertiary/aromatic N) is 2. The Labute approximate surface area is 105 Å². The molecule has 0 fully saturated rings. The van der Waals surface area contributed by atoms with Crippen molar-refractivity contribution in [1.29, 1.82) is 0 Å². The fraction of sp³-hybridized carbons (Fsp3) is 0.231. The van der Waals surface area contributed by atoms with Crippen molar-refractivity contribution in [2.45, 2.75) is 19.8 Å². The monoisotopic (exact) mass is 246 g/mol. The molecule has 0 saturated heterocycles. The lowest BCUT2D eigenvalue weighted by Crippen LogP contribution is -2.07. The molecule has 94 valence electrons. The molecule has 0 radical (unpaired) electrons. The lowest BCUT2D eigenvalue weighted by atomic mass is 10.2. The lowest BCUT2D eigenvalue weighted by Gasteiger charge is -2.07. The molecule has 0 aliphatic rings. The van der Waals surface area contributed by atoms with Gasteiger partial charge in [0.2, 0.25) is 0 Å². The Morgan fingerprint density at radius 3 is 2.72 bits per heavy atom. The van der Waals surface area contributed by atoms with Gasteiger partial charge in [0.25, 0.3) is 0 Å². The molecule has 0 saturated carbocycles. The van der Waals surface area contributed by atoms with Gasteiger partial charge in [-0.3, -0.25) is 0 Å². The number of ether oxygens (including phenoxy) is 1. The van der Waals surface area contributed by atoms with Crippen molar-refractivity contribution < 1.29 is 14.6 Å². The number of rotatable bonds is 4. The number of hydrogen-bond donors (Lipinski definition) is 1. The standard InChI is InChI=1S/C13H14N2O3/c1-2-6-11-12(18-13(16)17)9-14-15(11)10-7-4-3-5-8-10/h3-5,7-9H,2,6H2,1H3,(H,16,17). The van der Waals surface area contributed by atoms with Crippen molar-refractivity contribution in [1.82, 2.24) is 9.78 Å². The Morgan fingerprint density at radius 2 is 2.11 bits per heavy atom. The summed E-state index contributed by atoms with van der Waals surface area (Å²) in [5.74, 6) is 0.299. The van der Waals surface area contributed by atoms with Crippen LogP contribution in [0.1, 0.15) is 19.0 Å². The summed E-state index contributed by atoms with van der Waals surface area (Å²) in [5.41, 5.74) is 1.66. The smallest absolute Gasteiger partial charge is 0.449 e. The van der Waals surface area contributed by atoms with Gasteiger partial charge in [-0.2, -0.15) is 5.10 Å². The lowest BCUT2D eigenvalue weighted by molar-refractivity contribution is 0.144. The molecule has 0 aliphatic heterocycles. The number of carbonyl (C=O) groups is 1. The van der Waals surface area contributed by atoms with Gasteiger partial charge < -0.3 is 9.84 Å². The third kappa shape index (κ3) is 2.51. The minimum Gasteiger partial charge on any atom is -0.449 e. The third-order valence-corrected chi connectivity index (χ3v) is 2.52. The first-order valence-corrected chi connectivity index (χ1v) is 5.75. The van der Waals surface area contributed by atoms with E-state index in [2.05, 4.69) is 5.10 Å². The number of aromatic nitrogens is 2. The van der Waals surface area contributed by atoms with Gasteiger partial charge in [0.1, 0.15) is 0 Å². The molecule has 1 aromatic carbocycles. The Balaban J connectivity index is 2.42. The van der Waals surface area contributed by atoms with Gasteiger partial charge >= 0.3 is 6.16 Å². The van der Waals surface area contributed by atoms with Crippen molar-refractivity contribution in [3.05, 3.63) is 42.2 Å². The maximum atomic E-state index is 10.6. The summed E-state index contributed by atoms with van der Waals surface area (Å²) < 4.78 is 6.44. The van der Waals surface area contributed by atoms with Crippen molar-refractivity contribution in [2.75, 3.05) is 0 Å². The van der Waals surface area contributed by atoms with Crippen molar-refractivity contribution >= 4 is 6.16 Å². The first kappa shape index (κ1) is 12.2. The van der Waals surface area contributed by atoms with Gasteiger partial charge in [-0.05, 0) is 18.6 Å². The zero-order chi connectivity index (χ0) is 13.0. The Morgan fingerprint density at radius 1 is 1.39 bits per heavy atom. The van der Waals surface area contributed by atoms with E-state index >= 15 is 0 Å². The van der Waals surface area contributed by atoms with Crippen molar-refractivity contribution in [2.24, 2.45) is 0 Å². The zero-order valence-electron chi connectivity index (χ0n) is 10.0. The Hall–Kier alpha value is -2.30. The predicted octanol–water partition coefficient (Wildman–Crippen LogP) is 2.88. The third-order valence-electron chi connectivity index (χ3n) is 2.52. The predicted molar refractivity (Wildman–Crippen MR) is 66.2 cm³/mol. The average Bonchev–Trinajstić information content (AvgIpc) is 2.73. The molecule has 0 atom stereocenters. The maximum absolute atomic E-state index is 10.6. The Kier molecular flexibility index (Phi) is 3.62. The van der Waals surface area contributed by atoms with E-state index in [1.54, 1.807) is 4.68 Å². The number of carboxylic acid groups (broad SMARTS) is 1. The molecule has 1 heterocycles. The molecule has 0 bridgehead atoms. The van der Waals surface area contributed by atoms with Crippen LogP contribution in [-0.4, -0.2) is 21.0 Å². The summed E-state index contributed by atoms with van der Waals surface area (Å²) in [4.78, 5) is 10.6. The summed E-state index contributed by atoms with van der Waals surface area (Å²) in [5, 5.41) is 12.9. The molecule has 5 nitrogen and oxygen atoms in total. The highest BCUT2D eigenvalue weighted by molar-refractivity contribution is 5.61. The van der Waals surface area contributed by atoms with Crippen LogP contribution in [-0.2, 0) is 6.42 Å². The molecule has 1 N–H and O–H groups in total. The highest BCUT2D eigenvalue weighted by Crippen LogP contribution is 2.23. The van der Waals surface area contributed by atoms with Crippen LogP contribution >= 0.6 is 0 Å². The SMILES string of the molecule is CCCc1c(OC(=O)O)cnn1-c1ccccc1. The Bertz CT molecular complexity index is 534. The van der Waals surface area contributed by atoms with E-state index in [-0.39, 0.29) is 0 Å². The van der Waals surface area contributed by atoms with E-state index in [1.807, 2.05) is 37.3 Å². The van der Waals surface area contributed by atoms with Gasteiger partial charge in [0.05, 0.1) is 17.6 Å². The van der Waals surface area contributed by atoms with Crippen molar-refractivity contribution in [3.63, 3.8) is 0 Å². The quantitative estimate of drug-likeness (QED) is 0.842. The molecule has 0 aliphatic carbocycles. The van der Waals surface area contributed by atoms with Crippen LogP contribution in [0.4, 0.5) is 4.79 Å². The van der Waals surface area contributed by atoms with Gasteiger partial charge in [0, 0.05) is 0 Å². The first-order chi connectivity index (χ1) is 8.72. The van der Waals surface area contributed by atoms with Crippen molar-refractivity contribution in [3.8, 4) is 11.4 Å². The molecule has 0 unspecified atom stereocenters. The van der Waals surface area contributed by atoms with Gasteiger partial charge in [-0.1, -0.05) is 31.5 Å². The van der Waals surface area contributed by atoms with E-state index in [9.17, 15) is 4.79 Å². The molecule has 0 amide bonds. The summed E-state index contributed by atoms with van der Waals surface area (Å²) in [6.07, 6.45) is 1.71. The molecule has 5 heteroatoms. The fourth-order valence-electron chi connectivity index (χ4n) is 1.80. The summed E-state index contributed by atoms with van der Waals surface area (Å²) in [6.45, 7) is 2.02. The van der Waals surface area contributed by atoms with E-state index < -0.39 is 6.16 Å². The topological polar surface area (TPSA) is 64.3 Å². The van der Waals surface area contributed by atoms with Gasteiger partial charge in [0.15, 0.2) is 5.75 Å². The van der Waals surface area contributed by atoms with E-state index in [4.69, 9.17) is 9.84 Å². The second-order valence-corrected chi connectivity index (χ2v) is 3.82. The highest BCUT2D eigenvalue weighted by Gasteiger charge is 2.15. The second-order valence-electron chi connectivity index (χ2n) is 3.82. The van der Waals surface area contributed by atoms with Crippen LogP contribution in [0.3, 0.4) is 0 Å². The summed E-state index contributed by atoms with van der Waals surface area (Å²) in [7, 11) is 0. The largest absolute Gasteiger partial charge is 0.511 e. The van der Waals surface area contributed by atoms with Crippen LogP contribution in [0.15, 0.2) is 36.5 Å². The highest BCUT2D eigenvalue weighted by atomic mass is 16.7. The van der Waals surface area contributed by atoms with E-state index in [0.717, 1.165) is 17.8 Å². The molecule has 2 rings (SSSR count). The molecule has 1 aromatic heterocycles. The molecular formula is C13H14N2O3. The average molecular weight is 246 g/mol. The first-order valence-electron chi connectivity index (χ1n) is 5.75. The maximum Gasteiger partial charge on any atom is 0.511 e. The molecular weight excluding hydrogens is 232 g/mol. The normalized spacial score (nSPS) is 10.3. The van der Waals surface area contributed by atoms with Gasteiger partial charge in [-0.25, -0.2) is 9.48 Å². The second kappa shape index (κ2) is 5.35. The van der Waals surface area contributed by atoms with Crippen LogP contribution in [0.2, 0.25) is 0 Å². The fourth-order valence-corrected chi connectivity index (χ4v) is 1.80. The summed E-state index contributed by atoms with van der Waals surface area (Å²) in [6, 6.07) is 9.56. The van der Waals surface area contributed by atoms with Crippen LogP contribution in [0.5, 0.6) is 5.75 Å². The number of para-hydroxylation sites is 1. The number of hydrogen-bond acceptors (Lipinski definition) is 3. The molecule has 0 spiro atoms. The summed E-state index contributed by atoms with van der Waals surface area (Å²) >= 11 is 0. The van der Waals surface area contributed by atoms with Crippen LogP contribution < -0.4 is 4.74 Å². The van der Waals surface area contributed by atoms with E-state index in [1.165, 1.54) is 6.20 Å². The van der Waals surface area contributed by atoms with Crippen LogP contribution in [0.25, 0.3) is 5.69 Å². The molecule has 18 heavy (non-hydrogen) atoms. The minimum atomic E-state index is -1.32. The van der Waals surface area contributed by atoms with Gasteiger partial charge in [-0.15, -0.1) is 0 Å². The zero-order valence-corrected chi connectivity index (χ0v) is 10.0.